The second kappa shape index (κ2) is 7.67. The van der Waals surface area contributed by atoms with Crippen molar-refractivity contribution in [2.75, 3.05) is 0 Å². The summed E-state index contributed by atoms with van der Waals surface area (Å²) < 4.78 is 0. The van der Waals surface area contributed by atoms with E-state index >= 15 is 0 Å². The molecular formula is C28H20N4. The summed E-state index contributed by atoms with van der Waals surface area (Å²) in [5.74, 6) is 0. The summed E-state index contributed by atoms with van der Waals surface area (Å²) in [6.45, 7) is 0. The average Bonchev–Trinajstić information content (AvgIpc) is 3.55. The summed E-state index contributed by atoms with van der Waals surface area (Å²) in [4.78, 5) is 17.1. The van der Waals surface area contributed by atoms with Gasteiger partial charge in [-0.2, -0.15) is 0 Å². The molecule has 4 heteroatoms. The first-order valence-corrected chi connectivity index (χ1v) is 10.6. The van der Waals surface area contributed by atoms with E-state index in [-0.39, 0.29) is 0 Å². The number of hydrogen-bond donors (Lipinski definition) is 2. The number of fused-ring (bicyclic) bond motifs is 1. The quantitative estimate of drug-likeness (QED) is 0.329. The number of para-hydroxylation sites is 2. The molecule has 6 rings (SSSR count). The van der Waals surface area contributed by atoms with Gasteiger partial charge in [0.05, 0.1) is 22.4 Å². The van der Waals surface area contributed by atoms with Crippen molar-refractivity contribution in [1.29, 1.82) is 0 Å². The monoisotopic (exact) mass is 412 g/mol. The van der Waals surface area contributed by atoms with E-state index in [2.05, 4.69) is 58.5 Å². The van der Waals surface area contributed by atoms with E-state index < -0.39 is 0 Å². The van der Waals surface area contributed by atoms with Gasteiger partial charge in [-0.3, -0.25) is 0 Å². The van der Waals surface area contributed by atoms with Crippen LogP contribution in [0.4, 0.5) is 0 Å². The molecule has 0 saturated heterocycles. The Bertz CT molecular complexity index is 1400. The van der Waals surface area contributed by atoms with Crippen LogP contribution in [0.5, 0.6) is 0 Å². The fourth-order valence-corrected chi connectivity index (χ4v) is 4.01. The maximum Gasteiger partial charge on any atom is 0.115 e. The van der Waals surface area contributed by atoms with E-state index in [4.69, 9.17) is 9.97 Å². The molecule has 6 aromatic rings. The fourth-order valence-electron chi connectivity index (χ4n) is 4.01. The number of aromatic amines is 2. The number of nitrogens with one attached hydrogen (secondary N) is 2. The summed E-state index contributed by atoms with van der Waals surface area (Å²) in [7, 11) is 0. The molecule has 2 N–H and O–H groups in total. The molecular weight excluding hydrogens is 392 g/mol. The van der Waals surface area contributed by atoms with Crippen molar-refractivity contribution < 1.29 is 0 Å². The lowest BCUT2D eigenvalue weighted by Gasteiger charge is -2.08. The molecule has 0 radical (unpaired) electrons. The third-order valence-corrected chi connectivity index (χ3v) is 5.62. The summed E-state index contributed by atoms with van der Waals surface area (Å²) in [6.07, 6.45) is 0. The Hall–Kier alpha value is -4.44. The molecule has 0 unspecified atom stereocenters. The first-order valence-electron chi connectivity index (χ1n) is 10.6. The standard InChI is InChI=1S/C28H20N4/c1-3-9-19(10-4-1)21-15-17-25(29-21)27-28(32-24-14-8-7-13-23(24)31-27)26-18-16-22(30-26)20-11-5-2-6-12-20/h1-18,29-30H. The lowest BCUT2D eigenvalue weighted by Crippen LogP contribution is -1.96. The molecule has 0 bridgehead atoms. The average molecular weight is 412 g/mol. The lowest BCUT2D eigenvalue weighted by atomic mass is 10.1. The zero-order chi connectivity index (χ0) is 21.3. The fraction of sp³-hybridized carbons (Fsp3) is 0. The Balaban J connectivity index is 1.51. The minimum Gasteiger partial charge on any atom is -0.353 e. The zero-order valence-corrected chi connectivity index (χ0v) is 17.3. The van der Waals surface area contributed by atoms with Crippen LogP contribution < -0.4 is 0 Å². The molecule has 0 amide bonds. The largest absolute Gasteiger partial charge is 0.353 e. The molecule has 0 spiro atoms. The van der Waals surface area contributed by atoms with E-state index in [1.54, 1.807) is 0 Å². The third-order valence-electron chi connectivity index (χ3n) is 5.62. The first kappa shape index (κ1) is 18.3. The third kappa shape index (κ3) is 3.28. The SMILES string of the molecule is c1ccc(-c2ccc(-c3nc4ccccc4nc3-c3ccc(-c4ccccc4)[nH]3)[nH]2)cc1. The van der Waals surface area contributed by atoms with Crippen LogP contribution in [0.2, 0.25) is 0 Å². The Labute approximate surface area is 185 Å². The van der Waals surface area contributed by atoms with Crippen molar-refractivity contribution in [2.45, 2.75) is 0 Å². The van der Waals surface area contributed by atoms with Gasteiger partial charge in [-0.25, -0.2) is 9.97 Å². The number of aromatic nitrogens is 4. The van der Waals surface area contributed by atoms with E-state index in [1.807, 2.05) is 60.7 Å². The smallest absolute Gasteiger partial charge is 0.115 e. The van der Waals surface area contributed by atoms with Crippen LogP contribution in [0.25, 0.3) is 56.3 Å². The predicted octanol–water partition coefficient (Wildman–Crippen LogP) is 6.95. The second-order valence-corrected chi connectivity index (χ2v) is 7.71. The maximum atomic E-state index is 5.00. The zero-order valence-electron chi connectivity index (χ0n) is 17.3. The highest BCUT2D eigenvalue weighted by atomic mass is 14.9. The second-order valence-electron chi connectivity index (χ2n) is 7.71. The number of nitrogens with zero attached hydrogens (tertiary/aromatic N) is 2. The molecule has 0 aliphatic rings. The van der Waals surface area contributed by atoms with E-state index in [0.717, 1.165) is 56.3 Å². The van der Waals surface area contributed by atoms with Gasteiger partial charge >= 0.3 is 0 Å². The van der Waals surface area contributed by atoms with E-state index in [9.17, 15) is 0 Å². The van der Waals surface area contributed by atoms with Gasteiger partial charge < -0.3 is 9.97 Å². The highest BCUT2D eigenvalue weighted by Gasteiger charge is 2.16. The summed E-state index contributed by atoms with van der Waals surface area (Å²) >= 11 is 0. The Kier molecular flexibility index (Phi) is 4.40. The lowest BCUT2D eigenvalue weighted by molar-refractivity contribution is 1.24. The predicted molar refractivity (Wildman–Crippen MR) is 130 cm³/mol. The van der Waals surface area contributed by atoms with Crippen LogP contribution in [0, 0.1) is 0 Å². The highest BCUT2D eigenvalue weighted by Crippen LogP contribution is 2.33. The molecule has 3 aromatic heterocycles. The molecule has 0 aliphatic carbocycles. The van der Waals surface area contributed by atoms with Crippen molar-refractivity contribution in [3.63, 3.8) is 0 Å². The van der Waals surface area contributed by atoms with Gasteiger partial charge in [0, 0.05) is 11.4 Å². The van der Waals surface area contributed by atoms with Gasteiger partial charge in [0.1, 0.15) is 11.4 Å². The number of H-pyrrole nitrogens is 2. The Morgan fingerprint density at radius 1 is 0.375 bits per heavy atom. The molecule has 3 aromatic carbocycles. The van der Waals surface area contributed by atoms with Crippen LogP contribution in [0.3, 0.4) is 0 Å². The van der Waals surface area contributed by atoms with Crippen LogP contribution in [-0.2, 0) is 0 Å². The minimum atomic E-state index is 0.826. The number of benzene rings is 3. The minimum absolute atomic E-state index is 0.826. The number of hydrogen-bond acceptors (Lipinski definition) is 2. The molecule has 4 nitrogen and oxygen atoms in total. The van der Waals surface area contributed by atoms with Crippen molar-refractivity contribution >= 4 is 11.0 Å². The molecule has 152 valence electrons. The van der Waals surface area contributed by atoms with Gasteiger partial charge in [0.2, 0.25) is 0 Å². The van der Waals surface area contributed by atoms with Crippen LogP contribution >= 0.6 is 0 Å². The van der Waals surface area contributed by atoms with Gasteiger partial charge in [0.25, 0.3) is 0 Å². The normalized spacial score (nSPS) is 11.1. The highest BCUT2D eigenvalue weighted by molar-refractivity contribution is 5.85. The van der Waals surface area contributed by atoms with Crippen molar-refractivity contribution in [3.8, 4) is 45.3 Å². The number of rotatable bonds is 4. The molecule has 0 atom stereocenters. The molecule has 32 heavy (non-hydrogen) atoms. The van der Waals surface area contributed by atoms with Gasteiger partial charge in [-0.1, -0.05) is 72.8 Å². The van der Waals surface area contributed by atoms with E-state index in [0.29, 0.717) is 0 Å². The van der Waals surface area contributed by atoms with Crippen LogP contribution in [0.1, 0.15) is 0 Å². The van der Waals surface area contributed by atoms with Gasteiger partial charge in [-0.15, -0.1) is 0 Å². The topological polar surface area (TPSA) is 57.4 Å². The first-order chi connectivity index (χ1) is 15.8. The van der Waals surface area contributed by atoms with Crippen molar-refractivity contribution in [3.05, 3.63) is 109 Å². The maximum absolute atomic E-state index is 5.00. The summed E-state index contributed by atoms with van der Waals surface area (Å²) in [6, 6.07) is 36.9. The molecule has 0 saturated carbocycles. The molecule has 0 fully saturated rings. The Morgan fingerprint density at radius 2 is 0.750 bits per heavy atom. The van der Waals surface area contributed by atoms with Crippen LogP contribution in [-0.4, -0.2) is 19.9 Å². The van der Waals surface area contributed by atoms with Gasteiger partial charge in [0.15, 0.2) is 0 Å². The molecule has 3 heterocycles. The van der Waals surface area contributed by atoms with E-state index in [1.165, 1.54) is 0 Å². The van der Waals surface area contributed by atoms with Crippen molar-refractivity contribution in [1.82, 2.24) is 19.9 Å². The Morgan fingerprint density at radius 3 is 1.19 bits per heavy atom. The van der Waals surface area contributed by atoms with Gasteiger partial charge in [-0.05, 0) is 47.5 Å². The summed E-state index contributed by atoms with van der Waals surface area (Å²) in [5, 5.41) is 0. The summed E-state index contributed by atoms with van der Waals surface area (Å²) in [5.41, 5.74) is 9.66. The van der Waals surface area contributed by atoms with Crippen LogP contribution in [0.15, 0.2) is 109 Å². The van der Waals surface area contributed by atoms with Crippen molar-refractivity contribution in [2.24, 2.45) is 0 Å². The molecule has 0 aliphatic heterocycles.